The normalized spacial score (nSPS) is 28.9. The molecule has 3 rings (SSSR count). The van der Waals surface area contributed by atoms with Crippen molar-refractivity contribution in [2.45, 2.75) is 44.4 Å². The zero-order valence-electron chi connectivity index (χ0n) is 10.8. The molecule has 3 nitrogen and oxygen atoms in total. The van der Waals surface area contributed by atoms with Crippen LogP contribution in [0.25, 0.3) is 0 Å². The summed E-state index contributed by atoms with van der Waals surface area (Å²) >= 11 is 0. The fourth-order valence-corrected chi connectivity index (χ4v) is 3.27. The van der Waals surface area contributed by atoms with Gasteiger partial charge in [-0.3, -0.25) is 4.90 Å². The van der Waals surface area contributed by atoms with Crippen LogP contribution >= 0.6 is 0 Å². The SMILES string of the molecule is Nc1ccccc1CN1CCOC2CCCCC21. The van der Waals surface area contributed by atoms with Gasteiger partial charge in [0.15, 0.2) is 0 Å². The molecule has 2 atom stereocenters. The lowest BCUT2D eigenvalue weighted by Gasteiger charge is -2.44. The van der Waals surface area contributed by atoms with Crippen LogP contribution in [0.15, 0.2) is 24.3 Å². The molecule has 2 unspecified atom stereocenters. The summed E-state index contributed by atoms with van der Waals surface area (Å²) in [4.78, 5) is 2.57. The number of nitrogens with zero attached hydrogens (tertiary/aromatic N) is 1. The van der Waals surface area contributed by atoms with Crippen molar-refractivity contribution in [3.8, 4) is 0 Å². The smallest absolute Gasteiger partial charge is 0.0731 e. The summed E-state index contributed by atoms with van der Waals surface area (Å²) in [7, 11) is 0. The molecule has 1 heterocycles. The van der Waals surface area contributed by atoms with Crippen molar-refractivity contribution in [2.75, 3.05) is 18.9 Å². The van der Waals surface area contributed by atoms with Gasteiger partial charge in [-0.25, -0.2) is 0 Å². The maximum atomic E-state index is 6.05. The van der Waals surface area contributed by atoms with E-state index in [2.05, 4.69) is 17.0 Å². The first-order chi connectivity index (χ1) is 8.84. The molecule has 0 amide bonds. The summed E-state index contributed by atoms with van der Waals surface area (Å²) in [5, 5.41) is 0. The Kier molecular flexibility index (Phi) is 3.52. The van der Waals surface area contributed by atoms with Gasteiger partial charge in [0.1, 0.15) is 0 Å². The first-order valence-corrected chi connectivity index (χ1v) is 7.03. The molecule has 2 N–H and O–H groups in total. The van der Waals surface area contributed by atoms with E-state index in [1.54, 1.807) is 0 Å². The van der Waals surface area contributed by atoms with Crippen LogP contribution in [-0.2, 0) is 11.3 Å². The van der Waals surface area contributed by atoms with Gasteiger partial charge in [-0.15, -0.1) is 0 Å². The average molecular weight is 246 g/mol. The Hall–Kier alpha value is -1.06. The second-order valence-electron chi connectivity index (χ2n) is 5.43. The van der Waals surface area contributed by atoms with E-state index >= 15 is 0 Å². The predicted molar refractivity (Wildman–Crippen MR) is 73.3 cm³/mol. The molecule has 98 valence electrons. The molecule has 0 bridgehead atoms. The average Bonchev–Trinajstić information content (AvgIpc) is 2.42. The van der Waals surface area contributed by atoms with Crippen molar-refractivity contribution >= 4 is 5.69 Å². The van der Waals surface area contributed by atoms with E-state index < -0.39 is 0 Å². The molecule has 1 aliphatic carbocycles. The van der Waals surface area contributed by atoms with Crippen LogP contribution in [0.2, 0.25) is 0 Å². The van der Waals surface area contributed by atoms with Gasteiger partial charge >= 0.3 is 0 Å². The van der Waals surface area contributed by atoms with Crippen molar-refractivity contribution < 1.29 is 4.74 Å². The number of fused-ring (bicyclic) bond motifs is 1. The van der Waals surface area contributed by atoms with E-state index in [-0.39, 0.29) is 0 Å². The second kappa shape index (κ2) is 5.29. The van der Waals surface area contributed by atoms with Gasteiger partial charge < -0.3 is 10.5 Å². The van der Waals surface area contributed by atoms with Crippen LogP contribution < -0.4 is 5.73 Å². The van der Waals surface area contributed by atoms with Crippen molar-refractivity contribution in [3.63, 3.8) is 0 Å². The van der Waals surface area contributed by atoms with Crippen LogP contribution in [-0.4, -0.2) is 30.2 Å². The summed E-state index contributed by atoms with van der Waals surface area (Å²) in [5.74, 6) is 0. The van der Waals surface area contributed by atoms with Gasteiger partial charge in [-0.2, -0.15) is 0 Å². The van der Waals surface area contributed by atoms with Crippen LogP contribution in [0.5, 0.6) is 0 Å². The zero-order valence-corrected chi connectivity index (χ0v) is 10.8. The molecule has 2 aliphatic rings. The standard InChI is InChI=1S/C15H22N2O/c16-13-6-2-1-5-12(13)11-17-9-10-18-15-8-4-3-7-14(15)17/h1-2,5-6,14-15H,3-4,7-11,16H2. The van der Waals surface area contributed by atoms with E-state index in [9.17, 15) is 0 Å². The van der Waals surface area contributed by atoms with Crippen LogP contribution in [0.3, 0.4) is 0 Å². The Morgan fingerprint density at radius 2 is 2.06 bits per heavy atom. The van der Waals surface area contributed by atoms with Gasteiger partial charge in [0, 0.05) is 24.8 Å². The molecule has 2 fully saturated rings. The van der Waals surface area contributed by atoms with E-state index in [1.807, 2.05) is 12.1 Å². The maximum Gasteiger partial charge on any atom is 0.0731 e. The van der Waals surface area contributed by atoms with Gasteiger partial charge in [-0.1, -0.05) is 31.0 Å². The van der Waals surface area contributed by atoms with Crippen molar-refractivity contribution in [2.24, 2.45) is 0 Å². The molecule has 0 aromatic heterocycles. The molecular weight excluding hydrogens is 224 g/mol. The summed E-state index contributed by atoms with van der Waals surface area (Å²) in [6, 6.07) is 8.81. The number of rotatable bonds is 2. The number of hydrogen-bond donors (Lipinski definition) is 1. The molecule has 0 radical (unpaired) electrons. The highest BCUT2D eigenvalue weighted by Crippen LogP contribution is 2.30. The summed E-state index contributed by atoms with van der Waals surface area (Å²) in [6.45, 7) is 2.88. The van der Waals surface area contributed by atoms with Gasteiger partial charge in [0.05, 0.1) is 12.7 Å². The third-order valence-corrected chi connectivity index (χ3v) is 4.28. The first-order valence-electron chi connectivity index (χ1n) is 7.03. The fourth-order valence-electron chi connectivity index (χ4n) is 3.27. The number of morpholine rings is 1. The Balaban J connectivity index is 1.73. The number of nitrogen functional groups attached to an aromatic ring is 1. The van der Waals surface area contributed by atoms with E-state index in [0.717, 1.165) is 25.4 Å². The number of nitrogens with two attached hydrogens (primary N) is 1. The molecule has 18 heavy (non-hydrogen) atoms. The third kappa shape index (κ3) is 2.38. The molecule has 1 aromatic rings. The molecule has 1 saturated heterocycles. The highest BCUT2D eigenvalue weighted by Gasteiger charge is 2.34. The summed E-state index contributed by atoms with van der Waals surface area (Å²) in [5.41, 5.74) is 8.21. The first kappa shape index (κ1) is 12.0. The number of anilines is 1. The lowest BCUT2D eigenvalue weighted by Crippen LogP contribution is -2.52. The van der Waals surface area contributed by atoms with Gasteiger partial charge in [0.25, 0.3) is 0 Å². The number of ether oxygens (including phenoxy) is 1. The molecule has 1 aliphatic heterocycles. The monoisotopic (exact) mass is 246 g/mol. The van der Waals surface area contributed by atoms with Crippen molar-refractivity contribution in [3.05, 3.63) is 29.8 Å². The van der Waals surface area contributed by atoms with Crippen molar-refractivity contribution in [1.82, 2.24) is 4.90 Å². The van der Waals surface area contributed by atoms with Gasteiger partial charge in [0.2, 0.25) is 0 Å². The van der Waals surface area contributed by atoms with Crippen LogP contribution in [0.4, 0.5) is 5.69 Å². The second-order valence-corrected chi connectivity index (χ2v) is 5.43. The number of benzene rings is 1. The molecular formula is C15H22N2O. The molecule has 1 saturated carbocycles. The zero-order chi connectivity index (χ0) is 12.4. The minimum atomic E-state index is 0.456. The minimum absolute atomic E-state index is 0.456. The quantitative estimate of drug-likeness (QED) is 0.814. The Morgan fingerprint density at radius 3 is 2.94 bits per heavy atom. The predicted octanol–water partition coefficient (Wildman–Crippen LogP) is 2.41. The van der Waals surface area contributed by atoms with Crippen LogP contribution in [0.1, 0.15) is 31.2 Å². The van der Waals surface area contributed by atoms with Gasteiger partial charge in [-0.05, 0) is 24.5 Å². The maximum absolute atomic E-state index is 6.05. The van der Waals surface area contributed by atoms with E-state index in [1.165, 1.54) is 31.2 Å². The Bertz CT molecular complexity index is 405. The largest absolute Gasteiger partial charge is 0.398 e. The summed E-state index contributed by atoms with van der Waals surface area (Å²) < 4.78 is 5.91. The minimum Gasteiger partial charge on any atom is -0.398 e. The highest BCUT2D eigenvalue weighted by molar-refractivity contribution is 5.46. The summed E-state index contributed by atoms with van der Waals surface area (Å²) in [6.07, 6.45) is 5.62. The fraction of sp³-hybridized carbons (Fsp3) is 0.600. The third-order valence-electron chi connectivity index (χ3n) is 4.28. The van der Waals surface area contributed by atoms with Crippen LogP contribution in [0, 0.1) is 0 Å². The van der Waals surface area contributed by atoms with Crippen molar-refractivity contribution in [1.29, 1.82) is 0 Å². The van der Waals surface area contributed by atoms with E-state index in [4.69, 9.17) is 10.5 Å². The number of para-hydroxylation sites is 1. The molecule has 0 spiro atoms. The molecule has 1 aromatic carbocycles. The molecule has 3 heteroatoms. The lowest BCUT2D eigenvalue weighted by atomic mass is 9.90. The number of hydrogen-bond acceptors (Lipinski definition) is 3. The Morgan fingerprint density at radius 1 is 1.22 bits per heavy atom. The Labute approximate surface area is 109 Å². The topological polar surface area (TPSA) is 38.5 Å². The lowest BCUT2D eigenvalue weighted by molar-refractivity contribution is -0.0910. The van der Waals surface area contributed by atoms with E-state index in [0.29, 0.717) is 12.1 Å². The highest BCUT2D eigenvalue weighted by atomic mass is 16.5.